The molecule has 2 aromatic heterocycles. The van der Waals surface area contributed by atoms with E-state index in [2.05, 4.69) is 20.5 Å². The lowest BCUT2D eigenvalue weighted by atomic mass is 10.0. The first kappa shape index (κ1) is 18.2. The highest BCUT2D eigenvalue weighted by Crippen LogP contribution is 2.29. The van der Waals surface area contributed by atoms with E-state index in [9.17, 15) is 18.0 Å². The van der Waals surface area contributed by atoms with Crippen molar-refractivity contribution < 1.29 is 18.0 Å². The molecule has 0 radical (unpaired) electrons. The fourth-order valence-corrected chi connectivity index (χ4v) is 2.91. The van der Waals surface area contributed by atoms with E-state index in [-0.39, 0.29) is 11.9 Å². The number of halogens is 3. The predicted octanol–water partition coefficient (Wildman–Crippen LogP) is 2.78. The Morgan fingerprint density at radius 3 is 2.62 bits per heavy atom. The van der Waals surface area contributed by atoms with Gasteiger partial charge < -0.3 is 10.2 Å². The van der Waals surface area contributed by atoms with Crippen molar-refractivity contribution in [3.05, 3.63) is 41.3 Å². The van der Waals surface area contributed by atoms with Crippen LogP contribution in [0.5, 0.6) is 0 Å². The Hall–Kier alpha value is -2.58. The number of rotatable bonds is 4. The van der Waals surface area contributed by atoms with Crippen molar-refractivity contribution in [1.82, 2.24) is 20.5 Å². The molecular weight excluding hydrogens is 347 g/mol. The van der Waals surface area contributed by atoms with E-state index in [0.717, 1.165) is 24.4 Å². The van der Waals surface area contributed by atoms with Crippen molar-refractivity contribution in [3.8, 4) is 0 Å². The number of aromatic nitrogens is 3. The molecule has 1 aliphatic rings. The number of H-pyrrole nitrogens is 1. The normalized spacial score (nSPS) is 15.9. The molecule has 2 N–H and O–H groups in total. The van der Waals surface area contributed by atoms with Crippen molar-refractivity contribution in [3.63, 3.8) is 0 Å². The lowest BCUT2D eigenvalue weighted by molar-refractivity contribution is -0.137. The third-order valence-electron chi connectivity index (χ3n) is 4.47. The summed E-state index contributed by atoms with van der Waals surface area (Å²) in [5.41, 5.74) is 0.515. The molecule has 0 unspecified atom stereocenters. The van der Waals surface area contributed by atoms with E-state index in [1.165, 1.54) is 6.07 Å². The first-order valence-corrected chi connectivity index (χ1v) is 8.50. The van der Waals surface area contributed by atoms with Gasteiger partial charge in [0.15, 0.2) is 0 Å². The summed E-state index contributed by atoms with van der Waals surface area (Å²) in [7, 11) is 0. The number of aromatic amines is 1. The van der Waals surface area contributed by atoms with Crippen LogP contribution in [0.3, 0.4) is 0 Å². The summed E-state index contributed by atoms with van der Waals surface area (Å²) in [6.45, 7) is 3.20. The maximum atomic E-state index is 12.6. The molecule has 0 aromatic carbocycles. The second-order valence-electron chi connectivity index (χ2n) is 6.27. The molecule has 0 bridgehead atoms. The molecule has 0 spiro atoms. The number of hydrogen-bond donors (Lipinski definition) is 2. The predicted molar refractivity (Wildman–Crippen MR) is 89.9 cm³/mol. The first-order chi connectivity index (χ1) is 12.4. The second kappa shape index (κ2) is 7.35. The molecule has 3 rings (SSSR count). The lowest BCUT2D eigenvalue weighted by Crippen LogP contribution is -2.45. The van der Waals surface area contributed by atoms with Gasteiger partial charge in [-0.25, -0.2) is 4.98 Å². The minimum Gasteiger partial charge on any atom is -0.356 e. The molecule has 1 aliphatic heterocycles. The molecule has 1 saturated heterocycles. The van der Waals surface area contributed by atoms with Crippen LogP contribution in [-0.4, -0.2) is 40.2 Å². The van der Waals surface area contributed by atoms with Crippen LogP contribution in [0.15, 0.2) is 24.4 Å². The van der Waals surface area contributed by atoms with Crippen LogP contribution < -0.4 is 10.2 Å². The van der Waals surface area contributed by atoms with Gasteiger partial charge in [0.2, 0.25) is 0 Å². The van der Waals surface area contributed by atoms with Crippen molar-refractivity contribution >= 4 is 11.7 Å². The quantitative estimate of drug-likeness (QED) is 0.872. The average molecular weight is 367 g/mol. The molecule has 0 atom stereocenters. The minimum absolute atomic E-state index is 0.00924. The van der Waals surface area contributed by atoms with Gasteiger partial charge in [-0.3, -0.25) is 9.89 Å². The Morgan fingerprint density at radius 1 is 1.35 bits per heavy atom. The first-order valence-electron chi connectivity index (χ1n) is 8.50. The summed E-state index contributed by atoms with van der Waals surface area (Å²) in [5.74, 6) is 0.301. The Balaban J connectivity index is 1.53. The van der Waals surface area contributed by atoms with Crippen LogP contribution >= 0.6 is 0 Å². The van der Waals surface area contributed by atoms with Gasteiger partial charge in [-0.2, -0.15) is 18.3 Å². The third-order valence-corrected chi connectivity index (χ3v) is 4.47. The Morgan fingerprint density at radius 2 is 2.08 bits per heavy atom. The summed E-state index contributed by atoms with van der Waals surface area (Å²) < 4.78 is 37.8. The lowest BCUT2D eigenvalue weighted by Gasteiger charge is -2.33. The van der Waals surface area contributed by atoms with Gasteiger partial charge in [0.1, 0.15) is 11.5 Å². The minimum atomic E-state index is -4.38. The van der Waals surface area contributed by atoms with Gasteiger partial charge >= 0.3 is 6.18 Å². The number of nitrogens with one attached hydrogen (secondary N) is 2. The van der Waals surface area contributed by atoms with Gasteiger partial charge in [0.25, 0.3) is 5.91 Å². The highest BCUT2D eigenvalue weighted by atomic mass is 19.4. The van der Waals surface area contributed by atoms with Crippen LogP contribution in [0.25, 0.3) is 0 Å². The van der Waals surface area contributed by atoms with E-state index in [4.69, 9.17) is 0 Å². The number of aryl methyl sites for hydroxylation is 1. The summed E-state index contributed by atoms with van der Waals surface area (Å²) in [5, 5.41) is 9.76. The largest absolute Gasteiger partial charge is 0.417 e. The Labute approximate surface area is 148 Å². The Kier molecular flexibility index (Phi) is 5.15. The third kappa shape index (κ3) is 4.14. The van der Waals surface area contributed by atoms with E-state index in [1.54, 1.807) is 6.07 Å². The molecule has 6 nitrogen and oxygen atoms in total. The maximum absolute atomic E-state index is 12.6. The molecule has 9 heteroatoms. The van der Waals surface area contributed by atoms with Gasteiger partial charge in [0.05, 0.1) is 5.56 Å². The van der Waals surface area contributed by atoms with Crippen molar-refractivity contribution in [2.75, 3.05) is 18.0 Å². The smallest absolute Gasteiger partial charge is 0.356 e. The van der Waals surface area contributed by atoms with E-state index in [1.807, 2.05) is 11.8 Å². The summed E-state index contributed by atoms with van der Waals surface area (Å²) in [4.78, 5) is 18.0. The zero-order chi connectivity index (χ0) is 18.7. The van der Waals surface area contributed by atoms with E-state index >= 15 is 0 Å². The van der Waals surface area contributed by atoms with E-state index < -0.39 is 11.7 Å². The number of hydrogen-bond acceptors (Lipinski definition) is 4. The second-order valence-corrected chi connectivity index (χ2v) is 6.27. The number of nitrogens with zero attached hydrogens (tertiary/aromatic N) is 3. The highest BCUT2D eigenvalue weighted by molar-refractivity contribution is 5.92. The van der Waals surface area contributed by atoms with Gasteiger partial charge in [-0.15, -0.1) is 0 Å². The monoisotopic (exact) mass is 367 g/mol. The number of carbonyl (C=O) groups is 1. The fraction of sp³-hybridized carbons (Fsp3) is 0.471. The molecule has 0 aliphatic carbocycles. The zero-order valence-corrected chi connectivity index (χ0v) is 14.3. The number of piperidine rings is 1. The molecule has 0 saturated carbocycles. The standard InChI is InChI=1S/C17H20F3N5O/c1-2-12-9-14(24-23-12)16(26)22-13-5-7-25(8-6-13)15-4-3-11(10-21-15)17(18,19)20/h3-4,9-10,13H,2,5-8H2,1H3,(H,22,26)(H,23,24). The van der Waals surface area contributed by atoms with Crippen molar-refractivity contribution in [1.29, 1.82) is 0 Å². The highest BCUT2D eigenvalue weighted by Gasteiger charge is 2.31. The van der Waals surface area contributed by atoms with Crippen LogP contribution in [-0.2, 0) is 12.6 Å². The zero-order valence-electron chi connectivity index (χ0n) is 14.3. The molecule has 26 heavy (non-hydrogen) atoms. The van der Waals surface area contributed by atoms with Crippen LogP contribution in [0.1, 0.15) is 41.5 Å². The summed E-state index contributed by atoms with van der Waals surface area (Å²) >= 11 is 0. The molecule has 3 heterocycles. The summed E-state index contributed by atoms with van der Waals surface area (Å²) in [6.07, 6.45) is -1.36. The molecule has 1 amide bonds. The molecular formula is C17H20F3N5O. The summed E-state index contributed by atoms with van der Waals surface area (Å²) in [6, 6.07) is 4.17. The molecule has 2 aromatic rings. The van der Waals surface area contributed by atoms with Crippen molar-refractivity contribution in [2.45, 2.75) is 38.4 Å². The fourth-order valence-electron chi connectivity index (χ4n) is 2.91. The van der Waals surface area contributed by atoms with Crippen LogP contribution in [0.4, 0.5) is 19.0 Å². The topological polar surface area (TPSA) is 73.9 Å². The number of anilines is 1. The van der Waals surface area contributed by atoms with E-state index in [0.29, 0.717) is 37.4 Å². The molecule has 140 valence electrons. The Bertz CT molecular complexity index is 749. The van der Waals surface area contributed by atoms with Gasteiger partial charge in [0, 0.05) is 31.0 Å². The van der Waals surface area contributed by atoms with Crippen LogP contribution in [0, 0.1) is 0 Å². The molecule has 1 fully saturated rings. The number of alkyl halides is 3. The van der Waals surface area contributed by atoms with Crippen LogP contribution in [0.2, 0.25) is 0 Å². The van der Waals surface area contributed by atoms with Crippen molar-refractivity contribution in [2.24, 2.45) is 0 Å². The maximum Gasteiger partial charge on any atom is 0.417 e. The van der Waals surface area contributed by atoms with Gasteiger partial charge in [-0.05, 0) is 37.5 Å². The average Bonchev–Trinajstić information content (AvgIpc) is 3.11. The van der Waals surface area contributed by atoms with Gasteiger partial charge in [-0.1, -0.05) is 6.92 Å². The number of carbonyl (C=O) groups excluding carboxylic acids is 1. The number of amides is 1. The SMILES string of the molecule is CCc1cc(C(=O)NC2CCN(c3ccc(C(F)(F)F)cn3)CC2)n[nH]1. The number of pyridine rings is 1.